The lowest BCUT2D eigenvalue weighted by Crippen LogP contribution is -1.27. The first-order valence-electron chi connectivity index (χ1n) is 4.83. The Bertz CT molecular complexity index is 2.00. The molecule has 0 rings (SSSR count). The van der Waals surface area contributed by atoms with Crippen molar-refractivity contribution < 1.29 is 0 Å². The van der Waals surface area contributed by atoms with Crippen LogP contribution in [0.4, 0.5) is 0 Å². The van der Waals surface area contributed by atoms with Crippen LogP contribution < -0.4 is 0 Å². The monoisotopic (exact) mass is 276 g/mol. The second-order valence-electron chi connectivity index (χ2n) is 1.41. The first kappa shape index (κ1) is 144. The predicted molar refractivity (Wildman–Crippen MR) is 108 cm³/mol. The minimum Gasteiger partial charge on any atom is -0.0776 e. The highest BCUT2D eigenvalue weighted by molar-refractivity contribution is 3.92. The highest BCUT2D eigenvalue weighted by atomic mass is 13.4. The van der Waals surface area contributed by atoms with Gasteiger partial charge in [-0.25, -0.2) is 0 Å². The second-order valence-corrected chi connectivity index (χ2v) is 1.41. The van der Waals surface area contributed by atoms with E-state index in [9.17, 15) is 0 Å². The topological polar surface area (TPSA) is 0 Å². The van der Waals surface area contributed by atoms with E-state index in [2.05, 4.69) is 27.7 Å². The van der Waals surface area contributed by atoms with Gasteiger partial charge in [0.2, 0.25) is 0 Å². The molecular formula is C18H60. The zero-order valence-electron chi connectivity index (χ0n) is 9.41. The van der Waals surface area contributed by atoms with Gasteiger partial charge in [0.05, 0.1) is 0 Å². The molecule has 0 heteroatoms. The van der Waals surface area contributed by atoms with E-state index in [1.807, 2.05) is 27.7 Å². The highest BCUT2D eigenvalue weighted by Crippen LogP contribution is 1.56. The summed E-state index contributed by atoms with van der Waals surface area (Å²) < 4.78 is 0. The lowest BCUT2D eigenvalue weighted by molar-refractivity contribution is 1.09. The molecular weight excluding hydrogens is 216 g/mol. The Labute approximate surface area is 128 Å². The molecule has 0 N–H and O–H groups in total. The molecule has 0 amide bonds. The molecule has 0 aromatic carbocycles. The van der Waals surface area contributed by atoms with E-state index in [1.54, 1.807) is 0 Å². The van der Waals surface area contributed by atoms with Gasteiger partial charge >= 0.3 is 0 Å². The maximum Gasteiger partial charge on any atom is -0.0590 e. The SMILES string of the molecule is C.C.C.C.C.C.C.C.CC.CC.CCC.CCC. The van der Waals surface area contributed by atoms with Crippen molar-refractivity contribution in [3.8, 4) is 0 Å². The molecule has 132 valence electrons. The summed E-state index contributed by atoms with van der Waals surface area (Å²) in [7, 11) is 0. The summed E-state index contributed by atoms with van der Waals surface area (Å²) in [6.45, 7) is 16.5. The maximum absolute atomic E-state index is 2.12. The molecule has 0 spiro atoms. The second kappa shape index (κ2) is 1090. The summed E-state index contributed by atoms with van der Waals surface area (Å²) >= 11 is 0. The van der Waals surface area contributed by atoms with Crippen LogP contribution in [0.5, 0.6) is 0 Å². The van der Waals surface area contributed by atoms with Crippen molar-refractivity contribution in [1.82, 2.24) is 0 Å². The zero-order valence-corrected chi connectivity index (χ0v) is 9.41. The van der Waals surface area contributed by atoms with Crippen molar-refractivity contribution in [2.75, 3.05) is 0 Å². The lowest BCUT2D eigenvalue weighted by Gasteiger charge is -1.48. The quantitative estimate of drug-likeness (QED) is 0.413. The summed E-state index contributed by atoms with van der Waals surface area (Å²) in [5.41, 5.74) is 0. The van der Waals surface area contributed by atoms with E-state index in [4.69, 9.17) is 0 Å². The van der Waals surface area contributed by atoms with Gasteiger partial charge in [-0.15, -0.1) is 0 Å². The van der Waals surface area contributed by atoms with Gasteiger partial charge in [0.25, 0.3) is 0 Å². The fraction of sp³-hybridized carbons (Fsp3) is 1.00. The fourth-order valence-electron chi connectivity index (χ4n) is 0. The molecule has 0 aliphatic carbocycles. The Morgan fingerprint density at radius 3 is 0.333 bits per heavy atom. The maximum atomic E-state index is 2.12. The van der Waals surface area contributed by atoms with E-state index in [1.165, 1.54) is 12.8 Å². The molecule has 0 aromatic rings. The lowest BCUT2D eigenvalue weighted by atomic mass is 10.6. The Kier molecular flexibility index (Phi) is 8730. The molecule has 18 heavy (non-hydrogen) atoms. The molecule has 0 saturated carbocycles. The van der Waals surface area contributed by atoms with Gasteiger partial charge in [0, 0.05) is 0 Å². The van der Waals surface area contributed by atoms with Crippen LogP contribution in [0.2, 0.25) is 0 Å². The van der Waals surface area contributed by atoms with Gasteiger partial charge in [-0.05, 0) is 0 Å². The molecule has 0 aliphatic rings. The Balaban J connectivity index is -0.00000000235. The van der Waals surface area contributed by atoms with Crippen molar-refractivity contribution in [2.45, 2.75) is 128 Å². The smallest absolute Gasteiger partial charge is 0.0590 e. The predicted octanol–water partition coefficient (Wildman–Crippen LogP) is 9.97. The third-order valence-electron chi connectivity index (χ3n) is 0. The fourth-order valence-corrected chi connectivity index (χ4v) is 0. The summed E-state index contributed by atoms with van der Waals surface area (Å²) in [6.07, 6.45) is 2.50. The first-order chi connectivity index (χ1) is 4.83. The number of rotatable bonds is 0. The highest BCUT2D eigenvalue weighted by Gasteiger charge is 1.36. The van der Waals surface area contributed by atoms with Crippen molar-refractivity contribution in [1.29, 1.82) is 0 Å². The average molecular weight is 277 g/mol. The molecule has 0 atom stereocenters. The summed E-state index contributed by atoms with van der Waals surface area (Å²) in [6, 6.07) is 0. The van der Waals surface area contributed by atoms with Crippen LogP contribution in [0.3, 0.4) is 0 Å². The van der Waals surface area contributed by atoms with Crippen molar-refractivity contribution in [2.24, 2.45) is 0 Å². The van der Waals surface area contributed by atoms with Crippen LogP contribution >= 0.6 is 0 Å². The molecule has 0 radical (unpaired) electrons. The van der Waals surface area contributed by atoms with Crippen LogP contribution in [0.25, 0.3) is 0 Å². The Morgan fingerprint density at radius 2 is 0.333 bits per heavy atom. The summed E-state index contributed by atoms with van der Waals surface area (Å²) in [4.78, 5) is 0. The summed E-state index contributed by atoms with van der Waals surface area (Å²) in [5.74, 6) is 0. The minimum absolute atomic E-state index is 0. The Hall–Kier alpha value is 0. The van der Waals surface area contributed by atoms with E-state index < -0.39 is 0 Å². The molecule has 0 fully saturated rings. The van der Waals surface area contributed by atoms with Gasteiger partial charge in [-0.2, -0.15) is 0 Å². The van der Waals surface area contributed by atoms with Crippen molar-refractivity contribution >= 4 is 0 Å². The van der Waals surface area contributed by atoms with Crippen LogP contribution in [-0.2, 0) is 0 Å². The molecule has 0 saturated heterocycles. The first-order valence-corrected chi connectivity index (χ1v) is 4.83. The molecule has 0 aromatic heterocycles. The van der Waals surface area contributed by atoms with E-state index >= 15 is 0 Å². The van der Waals surface area contributed by atoms with Gasteiger partial charge < -0.3 is 0 Å². The molecule has 0 heterocycles. The van der Waals surface area contributed by atoms with Gasteiger partial charge in [0.15, 0.2) is 0 Å². The third-order valence-corrected chi connectivity index (χ3v) is 0. The number of hydrogen-bond acceptors (Lipinski definition) is 0. The Morgan fingerprint density at radius 1 is 0.333 bits per heavy atom. The molecule has 0 unspecified atom stereocenters. The zero-order chi connectivity index (χ0) is 9.41. The van der Waals surface area contributed by atoms with Gasteiger partial charge in [0.1, 0.15) is 0 Å². The molecule has 0 aliphatic heterocycles. The van der Waals surface area contributed by atoms with Crippen LogP contribution in [0, 0.1) is 0 Å². The minimum atomic E-state index is 0. The van der Waals surface area contributed by atoms with Crippen LogP contribution in [-0.4, -0.2) is 0 Å². The van der Waals surface area contributed by atoms with E-state index in [0.717, 1.165) is 0 Å². The largest absolute Gasteiger partial charge is 0.0776 e. The average Bonchev–Trinajstić information content (AvgIpc) is 1.99. The molecule has 0 nitrogen and oxygen atoms in total. The van der Waals surface area contributed by atoms with E-state index in [-0.39, 0.29) is 59.4 Å². The van der Waals surface area contributed by atoms with Gasteiger partial charge in [-0.3, -0.25) is 0 Å². The summed E-state index contributed by atoms with van der Waals surface area (Å²) in [5, 5.41) is 0. The van der Waals surface area contributed by atoms with Gasteiger partial charge in [-0.1, -0.05) is 128 Å². The van der Waals surface area contributed by atoms with Crippen LogP contribution in [0.1, 0.15) is 128 Å². The third kappa shape index (κ3) is 0. The van der Waals surface area contributed by atoms with E-state index in [0.29, 0.717) is 0 Å². The standard InChI is InChI=1S/2C3H8.2C2H6.8CH4/c2*1-3-2;2*1-2;;;;;;;;/h2*3H2,1-2H3;2*1-2H3;8*1H4. The van der Waals surface area contributed by atoms with Crippen LogP contribution in [0.15, 0.2) is 0 Å². The van der Waals surface area contributed by atoms with Crippen molar-refractivity contribution in [3.05, 3.63) is 0 Å². The van der Waals surface area contributed by atoms with Crippen molar-refractivity contribution in [3.63, 3.8) is 0 Å². The number of hydrogen-bond donors (Lipinski definition) is 0. The normalized spacial score (nSPS) is 2.67. The molecule has 0 bridgehead atoms.